The highest BCUT2D eigenvalue weighted by atomic mass is 79.9. The third-order valence-corrected chi connectivity index (χ3v) is 3.13. The molecule has 0 bridgehead atoms. The number of Topliss-reactive ketones (excluding diaryl/α,β-unsaturated/α-hetero) is 1. The molecule has 0 saturated carbocycles. The first-order valence-electron chi connectivity index (χ1n) is 5.43. The highest BCUT2D eigenvalue weighted by Gasteiger charge is 2.11. The van der Waals surface area contributed by atoms with Crippen LogP contribution in [0.3, 0.4) is 0 Å². The SMILES string of the molecule is O=C(COc1ccc(F)c(F)c1)c1ccccc1Br. The molecule has 0 saturated heterocycles. The summed E-state index contributed by atoms with van der Waals surface area (Å²) in [5, 5.41) is 0. The van der Waals surface area contributed by atoms with E-state index in [1.165, 1.54) is 6.07 Å². The number of ketones is 1. The van der Waals surface area contributed by atoms with Crippen LogP contribution < -0.4 is 4.74 Å². The molecule has 0 aliphatic heterocycles. The first-order valence-corrected chi connectivity index (χ1v) is 6.23. The number of benzene rings is 2. The van der Waals surface area contributed by atoms with E-state index in [1.54, 1.807) is 24.3 Å². The Morgan fingerprint density at radius 3 is 2.53 bits per heavy atom. The summed E-state index contributed by atoms with van der Waals surface area (Å²) in [6.07, 6.45) is 0. The number of rotatable bonds is 4. The van der Waals surface area contributed by atoms with Crippen molar-refractivity contribution in [3.8, 4) is 5.75 Å². The second-order valence-electron chi connectivity index (χ2n) is 3.77. The summed E-state index contributed by atoms with van der Waals surface area (Å²) >= 11 is 3.26. The first-order chi connectivity index (χ1) is 9.08. The van der Waals surface area contributed by atoms with Crippen molar-refractivity contribution in [3.05, 3.63) is 64.1 Å². The zero-order chi connectivity index (χ0) is 13.8. The molecule has 2 aromatic rings. The van der Waals surface area contributed by atoms with E-state index in [1.807, 2.05) is 0 Å². The first kappa shape index (κ1) is 13.7. The van der Waals surface area contributed by atoms with Gasteiger partial charge in [-0.15, -0.1) is 0 Å². The molecule has 19 heavy (non-hydrogen) atoms. The Labute approximate surface area is 117 Å². The number of carbonyl (C=O) groups is 1. The molecule has 0 amide bonds. The average Bonchev–Trinajstić information content (AvgIpc) is 2.40. The molecule has 0 fully saturated rings. The van der Waals surface area contributed by atoms with Crippen LogP contribution in [-0.2, 0) is 0 Å². The van der Waals surface area contributed by atoms with Gasteiger partial charge in [-0.05, 0) is 18.2 Å². The molecule has 0 radical (unpaired) electrons. The van der Waals surface area contributed by atoms with E-state index in [9.17, 15) is 13.6 Å². The molecule has 0 heterocycles. The number of ether oxygens (including phenoxy) is 1. The molecule has 0 atom stereocenters. The molecular weight excluding hydrogens is 318 g/mol. The zero-order valence-corrected chi connectivity index (χ0v) is 11.3. The van der Waals surface area contributed by atoms with Crippen LogP contribution in [-0.4, -0.2) is 12.4 Å². The molecule has 2 aromatic carbocycles. The topological polar surface area (TPSA) is 26.3 Å². The van der Waals surface area contributed by atoms with Crippen LogP contribution in [0.2, 0.25) is 0 Å². The van der Waals surface area contributed by atoms with Gasteiger partial charge in [-0.25, -0.2) is 8.78 Å². The number of halogens is 3. The van der Waals surface area contributed by atoms with Crippen molar-refractivity contribution in [2.75, 3.05) is 6.61 Å². The van der Waals surface area contributed by atoms with Crippen molar-refractivity contribution in [3.63, 3.8) is 0 Å². The summed E-state index contributed by atoms with van der Waals surface area (Å²) < 4.78 is 31.5. The van der Waals surface area contributed by atoms with Gasteiger partial charge in [-0.2, -0.15) is 0 Å². The van der Waals surface area contributed by atoms with Crippen molar-refractivity contribution < 1.29 is 18.3 Å². The molecule has 2 rings (SSSR count). The minimum absolute atomic E-state index is 0.110. The Morgan fingerprint density at radius 1 is 1.11 bits per heavy atom. The van der Waals surface area contributed by atoms with Crippen molar-refractivity contribution >= 4 is 21.7 Å². The smallest absolute Gasteiger partial charge is 0.201 e. The van der Waals surface area contributed by atoms with E-state index in [0.717, 1.165) is 12.1 Å². The summed E-state index contributed by atoms with van der Waals surface area (Å²) in [5.74, 6) is -2.10. The van der Waals surface area contributed by atoms with Crippen molar-refractivity contribution in [2.24, 2.45) is 0 Å². The summed E-state index contributed by atoms with van der Waals surface area (Å²) in [6, 6.07) is 10.0. The highest BCUT2D eigenvalue weighted by molar-refractivity contribution is 9.10. The van der Waals surface area contributed by atoms with Crippen LogP contribution in [0, 0.1) is 11.6 Å². The van der Waals surface area contributed by atoms with E-state index >= 15 is 0 Å². The molecule has 0 unspecified atom stereocenters. The maximum atomic E-state index is 12.9. The fourth-order valence-corrected chi connectivity index (χ4v) is 1.99. The molecule has 0 spiro atoms. The molecule has 0 aromatic heterocycles. The fraction of sp³-hybridized carbons (Fsp3) is 0.0714. The minimum atomic E-state index is -1.01. The Balaban J connectivity index is 2.04. The van der Waals surface area contributed by atoms with Gasteiger partial charge in [0.2, 0.25) is 5.78 Å². The maximum Gasteiger partial charge on any atom is 0.201 e. The lowest BCUT2D eigenvalue weighted by Gasteiger charge is -2.07. The third kappa shape index (κ3) is 3.38. The highest BCUT2D eigenvalue weighted by Crippen LogP contribution is 2.18. The summed E-state index contributed by atoms with van der Waals surface area (Å²) in [5.41, 5.74) is 0.477. The number of hydrogen-bond donors (Lipinski definition) is 0. The average molecular weight is 327 g/mol. The summed E-state index contributed by atoms with van der Waals surface area (Å²) in [6.45, 7) is -0.242. The van der Waals surface area contributed by atoms with Gasteiger partial charge in [0.25, 0.3) is 0 Å². The van der Waals surface area contributed by atoms with Gasteiger partial charge in [-0.1, -0.05) is 34.1 Å². The van der Waals surface area contributed by atoms with Crippen molar-refractivity contribution in [1.82, 2.24) is 0 Å². The number of hydrogen-bond acceptors (Lipinski definition) is 2. The van der Waals surface area contributed by atoms with Crippen molar-refractivity contribution in [1.29, 1.82) is 0 Å². The molecule has 5 heteroatoms. The Hall–Kier alpha value is -1.75. The molecule has 0 N–H and O–H groups in total. The van der Waals surface area contributed by atoms with Crippen LogP contribution in [0.1, 0.15) is 10.4 Å². The minimum Gasteiger partial charge on any atom is -0.485 e. The molecule has 2 nitrogen and oxygen atoms in total. The monoisotopic (exact) mass is 326 g/mol. The normalized spacial score (nSPS) is 10.3. The van der Waals surface area contributed by atoms with E-state index in [2.05, 4.69) is 15.9 Å². The lowest BCUT2D eigenvalue weighted by molar-refractivity contribution is 0.0920. The van der Waals surface area contributed by atoms with Gasteiger partial charge in [0, 0.05) is 16.1 Å². The Morgan fingerprint density at radius 2 is 1.84 bits per heavy atom. The van der Waals surface area contributed by atoms with Gasteiger partial charge in [-0.3, -0.25) is 4.79 Å². The third-order valence-electron chi connectivity index (χ3n) is 2.44. The van der Waals surface area contributed by atoms with Crippen LogP contribution in [0.4, 0.5) is 8.78 Å². The van der Waals surface area contributed by atoms with Gasteiger partial charge in [0.05, 0.1) is 0 Å². The largest absolute Gasteiger partial charge is 0.485 e. The van der Waals surface area contributed by atoms with Gasteiger partial charge in [0.15, 0.2) is 18.2 Å². The standard InChI is InChI=1S/C14H9BrF2O2/c15-11-4-2-1-3-10(11)14(18)8-19-9-5-6-12(16)13(17)7-9/h1-7H,8H2. The molecule has 98 valence electrons. The van der Waals surface area contributed by atoms with E-state index in [0.29, 0.717) is 10.0 Å². The summed E-state index contributed by atoms with van der Waals surface area (Å²) in [7, 11) is 0. The quantitative estimate of drug-likeness (QED) is 0.794. The predicted molar refractivity (Wildman–Crippen MR) is 70.3 cm³/mol. The fourth-order valence-electron chi connectivity index (χ4n) is 1.48. The van der Waals surface area contributed by atoms with E-state index in [-0.39, 0.29) is 18.1 Å². The lowest BCUT2D eigenvalue weighted by Crippen LogP contribution is -2.12. The van der Waals surface area contributed by atoms with Gasteiger partial charge < -0.3 is 4.74 Å². The number of carbonyl (C=O) groups excluding carboxylic acids is 1. The Bertz CT molecular complexity index is 614. The van der Waals surface area contributed by atoms with Crippen LogP contribution in [0.15, 0.2) is 46.9 Å². The Kier molecular flexibility index (Phi) is 4.27. The van der Waals surface area contributed by atoms with Crippen LogP contribution in [0.25, 0.3) is 0 Å². The van der Waals surface area contributed by atoms with Gasteiger partial charge in [0.1, 0.15) is 5.75 Å². The maximum absolute atomic E-state index is 12.9. The van der Waals surface area contributed by atoms with Crippen LogP contribution in [0.5, 0.6) is 5.75 Å². The zero-order valence-electron chi connectivity index (χ0n) is 9.70. The molecule has 0 aliphatic rings. The second-order valence-corrected chi connectivity index (χ2v) is 4.62. The predicted octanol–water partition coefficient (Wildman–Crippen LogP) is 3.99. The molecule has 0 aliphatic carbocycles. The van der Waals surface area contributed by atoms with Crippen molar-refractivity contribution in [2.45, 2.75) is 0 Å². The van der Waals surface area contributed by atoms with E-state index < -0.39 is 11.6 Å². The van der Waals surface area contributed by atoms with E-state index in [4.69, 9.17) is 4.74 Å². The molecular formula is C14H9BrF2O2. The summed E-state index contributed by atoms with van der Waals surface area (Å²) in [4.78, 5) is 11.9. The van der Waals surface area contributed by atoms with Gasteiger partial charge >= 0.3 is 0 Å². The van der Waals surface area contributed by atoms with Crippen LogP contribution >= 0.6 is 15.9 Å². The lowest BCUT2D eigenvalue weighted by atomic mass is 10.1. The second kappa shape index (κ2) is 5.93.